The van der Waals surface area contributed by atoms with Crippen LogP contribution in [0, 0.1) is 24.4 Å². The van der Waals surface area contributed by atoms with Gasteiger partial charge in [0.25, 0.3) is 0 Å². The second kappa shape index (κ2) is 9.28. The Morgan fingerprint density at radius 3 is 1.67 bits per heavy atom. The van der Waals surface area contributed by atoms with E-state index in [4.69, 9.17) is 9.90 Å². The lowest BCUT2D eigenvalue weighted by Crippen LogP contribution is -2.16. The van der Waals surface area contributed by atoms with Gasteiger partial charge in [0.2, 0.25) is 10.7 Å². The molecule has 0 aromatic heterocycles. The van der Waals surface area contributed by atoms with Crippen LogP contribution in [0.25, 0.3) is 0 Å². The summed E-state index contributed by atoms with van der Waals surface area (Å²) in [5, 5.41) is 8.89. The Morgan fingerprint density at radius 2 is 1.26 bits per heavy atom. The summed E-state index contributed by atoms with van der Waals surface area (Å²) in [6.45, 7) is 2.21. The zero-order valence-electron chi connectivity index (χ0n) is 14.7. The van der Waals surface area contributed by atoms with Crippen LogP contribution < -0.4 is 5.11 Å². The normalized spacial score (nSPS) is 10.3. The van der Waals surface area contributed by atoms with Crippen LogP contribution in [0.15, 0.2) is 81.4 Å². The van der Waals surface area contributed by atoms with E-state index in [1.165, 1.54) is 6.92 Å². The quantitative estimate of drug-likeness (QED) is 0.495. The molecule has 0 radical (unpaired) electrons. The number of carboxylic acid groups (broad SMARTS) is 1. The average molecular weight is 390 g/mol. The lowest BCUT2D eigenvalue weighted by atomic mass is 10.2. The summed E-state index contributed by atoms with van der Waals surface area (Å²) < 4.78 is 42.6. The molecule has 3 rings (SSSR count). The molecule has 3 aromatic carbocycles. The minimum absolute atomic E-state index is 0.0306. The van der Waals surface area contributed by atoms with Crippen molar-refractivity contribution >= 4 is 16.9 Å². The van der Waals surface area contributed by atoms with Crippen LogP contribution in [0.1, 0.15) is 12.5 Å². The smallest absolute Gasteiger partial charge is 0.214 e. The third-order valence-corrected chi connectivity index (χ3v) is 5.76. The number of carbonyl (C=O) groups excluding carboxylic acids is 1. The first-order chi connectivity index (χ1) is 12.8. The van der Waals surface area contributed by atoms with Crippen LogP contribution in [0.3, 0.4) is 0 Å². The molecule has 0 N–H and O–H groups in total. The highest BCUT2D eigenvalue weighted by Crippen LogP contribution is 2.34. The fraction of sp³-hybridized carbons (Fsp3) is 0.0952. The van der Waals surface area contributed by atoms with Crippen molar-refractivity contribution in [2.24, 2.45) is 0 Å². The van der Waals surface area contributed by atoms with Crippen molar-refractivity contribution in [3.8, 4) is 0 Å². The van der Waals surface area contributed by atoms with Crippen molar-refractivity contribution < 1.29 is 23.1 Å². The van der Waals surface area contributed by atoms with Gasteiger partial charge in [-0.1, -0.05) is 36.4 Å². The minimum atomic E-state index is -1.12. The van der Waals surface area contributed by atoms with Gasteiger partial charge in [-0.15, -0.1) is 0 Å². The number of hydrogen-bond acceptors (Lipinski definition) is 2. The Morgan fingerprint density at radius 1 is 0.852 bits per heavy atom. The molecule has 0 amide bonds. The Bertz CT molecular complexity index is 872. The summed E-state index contributed by atoms with van der Waals surface area (Å²) in [7, 11) is -0.910. The molecule has 0 saturated heterocycles. The highest BCUT2D eigenvalue weighted by molar-refractivity contribution is 7.97. The van der Waals surface area contributed by atoms with Gasteiger partial charge >= 0.3 is 0 Å². The number of benzene rings is 3. The summed E-state index contributed by atoms with van der Waals surface area (Å²) in [6.07, 6.45) is 0. The number of aliphatic carboxylic acids is 1. The van der Waals surface area contributed by atoms with Crippen LogP contribution in [0.2, 0.25) is 0 Å². The Balaban J connectivity index is 0.000000596. The molecule has 3 aromatic rings. The second-order valence-corrected chi connectivity index (χ2v) is 7.53. The molecule has 0 bridgehead atoms. The number of carboxylic acids is 1. The largest absolute Gasteiger partial charge is 0.550 e. The van der Waals surface area contributed by atoms with Crippen molar-refractivity contribution in [3.63, 3.8) is 0 Å². The Hall–Kier alpha value is -2.73. The molecule has 2 nitrogen and oxygen atoms in total. The number of carbonyl (C=O) groups is 1. The number of halogens is 3. The van der Waals surface area contributed by atoms with E-state index in [1.54, 1.807) is 0 Å². The van der Waals surface area contributed by atoms with E-state index in [1.807, 2.05) is 60.7 Å². The predicted molar refractivity (Wildman–Crippen MR) is 96.8 cm³/mol. The fourth-order valence-corrected chi connectivity index (χ4v) is 4.44. The van der Waals surface area contributed by atoms with E-state index in [0.717, 1.165) is 22.8 Å². The number of rotatable bonds is 3. The minimum Gasteiger partial charge on any atom is -0.550 e. The van der Waals surface area contributed by atoms with E-state index in [2.05, 4.69) is 0 Å². The van der Waals surface area contributed by atoms with Crippen LogP contribution >= 0.6 is 0 Å². The zero-order chi connectivity index (χ0) is 20.0. The Kier molecular flexibility index (Phi) is 7.07. The first-order valence-electron chi connectivity index (χ1n) is 7.99. The highest BCUT2D eigenvalue weighted by Gasteiger charge is 2.34. The van der Waals surface area contributed by atoms with Gasteiger partial charge in [0.05, 0.1) is 0 Å². The maximum Gasteiger partial charge on any atom is 0.214 e. The topological polar surface area (TPSA) is 40.1 Å². The number of hydrogen-bond donors (Lipinski definition) is 0. The molecule has 0 atom stereocenters. The summed E-state index contributed by atoms with van der Waals surface area (Å²) in [6, 6.07) is 19.5. The molecule has 6 heteroatoms. The lowest BCUT2D eigenvalue weighted by molar-refractivity contribution is -0.302. The molecule has 140 valence electrons. The van der Waals surface area contributed by atoms with Gasteiger partial charge in [0.15, 0.2) is 15.6 Å². The van der Waals surface area contributed by atoms with Crippen molar-refractivity contribution in [1.29, 1.82) is 0 Å². The van der Waals surface area contributed by atoms with E-state index < -0.39 is 34.3 Å². The molecule has 0 aliphatic rings. The van der Waals surface area contributed by atoms with Crippen LogP contribution in [-0.2, 0) is 15.7 Å². The van der Waals surface area contributed by atoms with Gasteiger partial charge < -0.3 is 9.90 Å². The van der Waals surface area contributed by atoms with E-state index in [0.29, 0.717) is 0 Å². The predicted octanol–water partition coefficient (Wildman–Crippen LogP) is 4.26. The maximum absolute atomic E-state index is 14.5. The summed E-state index contributed by atoms with van der Waals surface area (Å²) >= 11 is 0. The molecule has 0 unspecified atom stereocenters. The first-order valence-corrected chi connectivity index (χ1v) is 9.21. The third kappa shape index (κ3) is 5.14. The molecule has 0 spiro atoms. The summed E-state index contributed by atoms with van der Waals surface area (Å²) in [4.78, 5) is 10.5. The standard InChI is InChI=1S/C19H14F3S.C2H4O2/c1-13-16(20)12-17(19(22)18(13)21)23(14-8-4-2-5-9-14)15-10-6-3-7-11-15;1-2(3)4/h2-12H,1H3;1H3,(H,3,4)/q+1;/p-1. The van der Waals surface area contributed by atoms with Crippen molar-refractivity contribution in [2.45, 2.75) is 28.5 Å². The highest BCUT2D eigenvalue weighted by atomic mass is 32.2. The van der Waals surface area contributed by atoms with Crippen LogP contribution in [0.5, 0.6) is 0 Å². The monoisotopic (exact) mass is 390 g/mol. The molecule has 0 aliphatic carbocycles. The van der Waals surface area contributed by atoms with Gasteiger partial charge in [-0.3, -0.25) is 0 Å². The van der Waals surface area contributed by atoms with E-state index in [-0.39, 0.29) is 10.5 Å². The maximum atomic E-state index is 14.5. The lowest BCUT2D eigenvalue weighted by Gasteiger charge is -2.10. The molecule has 27 heavy (non-hydrogen) atoms. The van der Waals surface area contributed by atoms with E-state index >= 15 is 0 Å². The van der Waals surface area contributed by atoms with Crippen molar-refractivity contribution in [2.75, 3.05) is 0 Å². The van der Waals surface area contributed by atoms with Gasteiger partial charge in [-0.2, -0.15) is 4.39 Å². The summed E-state index contributed by atoms with van der Waals surface area (Å²) in [5.41, 5.74) is -0.295. The molecular weight excluding hydrogens is 373 g/mol. The van der Waals surface area contributed by atoms with Gasteiger partial charge in [0.1, 0.15) is 16.7 Å². The van der Waals surface area contributed by atoms with Gasteiger partial charge in [0, 0.05) is 17.6 Å². The fourth-order valence-electron chi connectivity index (χ4n) is 2.32. The molecule has 0 fully saturated rings. The molecule has 0 heterocycles. The molecule has 0 aliphatic heterocycles. The third-order valence-electron chi connectivity index (χ3n) is 3.53. The van der Waals surface area contributed by atoms with Crippen molar-refractivity contribution in [3.05, 3.63) is 89.7 Å². The van der Waals surface area contributed by atoms with E-state index in [9.17, 15) is 13.2 Å². The summed E-state index contributed by atoms with van der Waals surface area (Å²) in [5.74, 6) is -3.92. The Labute approximate surface area is 158 Å². The van der Waals surface area contributed by atoms with Gasteiger partial charge in [-0.05, 0) is 38.1 Å². The zero-order valence-corrected chi connectivity index (χ0v) is 15.5. The van der Waals surface area contributed by atoms with Crippen molar-refractivity contribution in [1.82, 2.24) is 0 Å². The van der Waals surface area contributed by atoms with Crippen LogP contribution in [-0.4, -0.2) is 5.97 Å². The van der Waals surface area contributed by atoms with Gasteiger partial charge in [-0.25, -0.2) is 8.78 Å². The van der Waals surface area contributed by atoms with Crippen LogP contribution in [0.4, 0.5) is 13.2 Å². The average Bonchev–Trinajstić information content (AvgIpc) is 2.66. The molecule has 0 saturated carbocycles. The first kappa shape index (κ1) is 20.6. The second-order valence-electron chi connectivity index (χ2n) is 5.53. The SMILES string of the molecule is CC(=O)[O-].Cc1c(F)cc([S+](c2ccccc2)c2ccccc2)c(F)c1F. The molecular formula is C21H17F3O2S.